The van der Waals surface area contributed by atoms with Gasteiger partial charge in [-0.2, -0.15) is 0 Å². The highest BCUT2D eigenvalue weighted by molar-refractivity contribution is 9.10. The van der Waals surface area contributed by atoms with Gasteiger partial charge in [0, 0.05) is 22.3 Å². The van der Waals surface area contributed by atoms with Crippen molar-refractivity contribution in [2.75, 3.05) is 18.6 Å². The van der Waals surface area contributed by atoms with Gasteiger partial charge in [0.25, 0.3) is 0 Å². The maximum Gasteiger partial charge on any atom is 0.344 e. The molecule has 0 aliphatic heterocycles. The number of para-hydroxylation sites is 1. The molecule has 0 fully saturated rings. The third-order valence-electron chi connectivity index (χ3n) is 2.96. The van der Waals surface area contributed by atoms with Crippen LogP contribution in [0.3, 0.4) is 0 Å². The Morgan fingerprint density at radius 1 is 1.17 bits per heavy atom. The molecular formula is C17H19BrN2O3. The number of nitrogens with one attached hydrogen (secondary N) is 2. The van der Waals surface area contributed by atoms with Gasteiger partial charge < -0.3 is 14.9 Å². The average molecular weight is 379 g/mol. The lowest BCUT2D eigenvalue weighted by Crippen LogP contribution is -2.22. The second kappa shape index (κ2) is 9.17. The van der Waals surface area contributed by atoms with Crippen LogP contribution < -0.4 is 15.6 Å². The molecule has 0 saturated carbocycles. The van der Waals surface area contributed by atoms with Crippen LogP contribution in [0.1, 0.15) is 12.5 Å². The number of carbonyl (C=O) groups excluding carboxylic acids is 1. The van der Waals surface area contributed by atoms with E-state index in [1.165, 1.54) is 0 Å². The van der Waals surface area contributed by atoms with Gasteiger partial charge >= 0.3 is 5.97 Å². The molecule has 6 heteroatoms. The average Bonchev–Trinajstić information content (AvgIpc) is 2.55. The van der Waals surface area contributed by atoms with E-state index < -0.39 is 0 Å². The van der Waals surface area contributed by atoms with E-state index in [2.05, 4.69) is 26.8 Å². The smallest absolute Gasteiger partial charge is 0.344 e. The molecule has 0 aliphatic rings. The first-order chi connectivity index (χ1) is 11.2. The molecule has 0 heterocycles. The van der Waals surface area contributed by atoms with Gasteiger partial charge in [0.15, 0.2) is 6.61 Å². The highest BCUT2D eigenvalue weighted by atomic mass is 79.9. The quantitative estimate of drug-likeness (QED) is 0.543. The fourth-order valence-electron chi connectivity index (χ4n) is 1.93. The van der Waals surface area contributed by atoms with Crippen LogP contribution in [-0.4, -0.2) is 19.2 Å². The highest BCUT2D eigenvalue weighted by Crippen LogP contribution is 2.23. The summed E-state index contributed by atoms with van der Waals surface area (Å²) >= 11 is 3.44. The summed E-state index contributed by atoms with van der Waals surface area (Å²) < 4.78 is 11.4. The van der Waals surface area contributed by atoms with Crippen molar-refractivity contribution in [2.24, 2.45) is 0 Å². The predicted molar refractivity (Wildman–Crippen MR) is 93.2 cm³/mol. The van der Waals surface area contributed by atoms with Crippen molar-refractivity contribution in [3.63, 3.8) is 0 Å². The lowest BCUT2D eigenvalue weighted by atomic mass is 10.2. The number of halogens is 1. The molecule has 2 aromatic rings. The number of esters is 1. The van der Waals surface area contributed by atoms with E-state index in [1.807, 2.05) is 48.5 Å². The zero-order valence-electron chi connectivity index (χ0n) is 12.8. The minimum Gasteiger partial charge on any atom is -0.482 e. The molecular weight excluding hydrogens is 360 g/mol. The molecule has 2 N–H and O–H groups in total. The van der Waals surface area contributed by atoms with Crippen LogP contribution in [0.2, 0.25) is 0 Å². The van der Waals surface area contributed by atoms with Gasteiger partial charge in [-0.1, -0.05) is 34.1 Å². The van der Waals surface area contributed by atoms with E-state index in [4.69, 9.17) is 9.47 Å². The standard InChI is InChI=1S/C17H19BrN2O3/c1-2-22-17(21)12-23-16-9-8-14(18)10-13(16)11-19-20-15-6-4-3-5-7-15/h3-10,19-20H,2,11-12H2,1H3. The summed E-state index contributed by atoms with van der Waals surface area (Å²) in [6, 6.07) is 15.4. The summed E-state index contributed by atoms with van der Waals surface area (Å²) in [4.78, 5) is 11.4. The number of anilines is 1. The van der Waals surface area contributed by atoms with E-state index in [0.29, 0.717) is 18.9 Å². The Balaban J connectivity index is 1.93. The molecule has 2 aromatic carbocycles. The van der Waals surface area contributed by atoms with Crippen LogP contribution >= 0.6 is 15.9 Å². The Hall–Kier alpha value is -2.05. The first kappa shape index (κ1) is 17.3. The van der Waals surface area contributed by atoms with Gasteiger partial charge in [-0.25, -0.2) is 10.2 Å². The van der Waals surface area contributed by atoms with Crippen molar-refractivity contribution in [3.8, 4) is 5.75 Å². The molecule has 23 heavy (non-hydrogen) atoms. The molecule has 0 unspecified atom stereocenters. The van der Waals surface area contributed by atoms with Crippen molar-refractivity contribution >= 4 is 27.6 Å². The second-order valence-corrected chi connectivity index (χ2v) is 5.61. The number of hydrazine groups is 1. The van der Waals surface area contributed by atoms with Gasteiger partial charge in [0.05, 0.1) is 6.61 Å². The van der Waals surface area contributed by atoms with Crippen molar-refractivity contribution in [3.05, 3.63) is 58.6 Å². The Morgan fingerprint density at radius 3 is 2.70 bits per heavy atom. The van der Waals surface area contributed by atoms with Gasteiger partial charge in [-0.3, -0.25) is 0 Å². The highest BCUT2D eigenvalue weighted by Gasteiger charge is 2.08. The number of ether oxygens (including phenoxy) is 2. The molecule has 0 aliphatic carbocycles. The molecule has 2 rings (SSSR count). The predicted octanol–water partition coefficient (Wildman–Crippen LogP) is 3.51. The minimum absolute atomic E-state index is 0.103. The Kier molecular flexibility index (Phi) is 6.90. The zero-order chi connectivity index (χ0) is 16.5. The second-order valence-electron chi connectivity index (χ2n) is 4.69. The summed E-state index contributed by atoms with van der Waals surface area (Å²) in [5.41, 5.74) is 8.14. The third kappa shape index (κ3) is 5.92. The monoisotopic (exact) mass is 378 g/mol. The lowest BCUT2D eigenvalue weighted by Gasteiger charge is -2.13. The molecule has 0 aromatic heterocycles. The largest absolute Gasteiger partial charge is 0.482 e. The summed E-state index contributed by atoms with van der Waals surface area (Å²) in [5.74, 6) is 0.264. The van der Waals surface area contributed by atoms with E-state index >= 15 is 0 Å². The number of hydrogen-bond donors (Lipinski definition) is 2. The lowest BCUT2D eigenvalue weighted by molar-refractivity contribution is -0.145. The fraction of sp³-hybridized carbons (Fsp3) is 0.235. The van der Waals surface area contributed by atoms with Crippen molar-refractivity contribution in [1.82, 2.24) is 5.43 Å². The van der Waals surface area contributed by atoms with Gasteiger partial charge in [0.2, 0.25) is 0 Å². The third-order valence-corrected chi connectivity index (χ3v) is 3.45. The molecule has 5 nitrogen and oxygen atoms in total. The van der Waals surface area contributed by atoms with E-state index in [1.54, 1.807) is 6.92 Å². The molecule has 0 saturated heterocycles. The van der Waals surface area contributed by atoms with Gasteiger partial charge in [-0.15, -0.1) is 0 Å². The van der Waals surface area contributed by atoms with Gasteiger partial charge in [-0.05, 0) is 37.3 Å². The zero-order valence-corrected chi connectivity index (χ0v) is 14.4. The normalized spacial score (nSPS) is 10.2. The Labute approximate surface area is 144 Å². The maximum atomic E-state index is 11.4. The summed E-state index contributed by atoms with van der Waals surface area (Å²) in [7, 11) is 0. The minimum atomic E-state index is -0.378. The van der Waals surface area contributed by atoms with E-state index in [-0.39, 0.29) is 12.6 Å². The van der Waals surface area contributed by atoms with Crippen LogP contribution in [0.15, 0.2) is 53.0 Å². The number of rotatable bonds is 8. The number of carbonyl (C=O) groups is 1. The summed E-state index contributed by atoms with van der Waals surface area (Å²) in [6.45, 7) is 2.54. The summed E-state index contributed by atoms with van der Waals surface area (Å²) in [6.07, 6.45) is 0. The van der Waals surface area contributed by atoms with Crippen molar-refractivity contribution in [1.29, 1.82) is 0 Å². The SMILES string of the molecule is CCOC(=O)COc1ccc(Br)cc1CNNc1ccccc1. The van der Waals surface area contributed by atoms with Crippen molar-refractivity contribution in [2.45, 2.75) is 13.5 Å². The molecule has 0 atom stereocenters. The van der Waals surface area contributed by atoms with Crippen LogP contribution in [0, 0.1) is 0 Å². The van der Waals surface area contributed by atoms with Crippen molar-refractivity contribution < 1.29 is 14.3 Å². The van der Waals surface area contributed by atoms with E-state index in [9.17, 15) is 4.79 Å². The summed E-state index contributed by atoms with van der Waals surface area (Å²) in [5, 5.41) is 0. The number of hydrogen-bond acceptors (Lipinski definition) is 5. The molecule has 122 valence electrons. The fourth-order valence-corrected chi connectivity index (χ4v) is 2.34. The van der Waals surface area contributed by atoms with Crippen LogP contribution in [0.5, 0.6) is 5.75 Å². The maximum absolute atomic E-state index is 11.4. The van der Waals surface area contributed by atoms with Crippen LogP contribution in [0.25, 0.3) is 0 Å². The molecule has 0 spiro atoms. The topological polar surface area (TPSA) is 59.6 Å². The number of benzene rings is 2. The Bertz CT molecular complexity index is 635. The van der Waals surface area contributed by atoms with Gasteiger partial charge in [0.1, 0.15) is 5.75 Å². The Morgan fingerprint density at radius 2 is 1.96 bits per heavy atom. The van der Waals surface area contributed by atoms with Crippen LogP contribution in [0.4, 0.5) is 5.69 Å². The van der Waals surface area contributed by atoms with Crippen LogP contribution in [-0.2, 0) is 16.1 Å². The first-order valence-corrected chi connectivity index (χ1v) is 8.09. The molecule has 0 bridgehead atoms. The van der Waals surface area contributed by atoms with E-state index in [0.717, 1.165) is 15.7 Å². The molecule has 0 radical (unpaired) electrons. The first-order valence-electron chi connectivity index (χ1n) is 7.30. The molecule has 0 amide bonds.